The highest BCUT2D eigenvalue weighted by Gasteiger charge is 2.07. The van der Waals surface area contributed by atoms with Gasteiger partial charge in [0.25, 0.3) is 5.91 Å². The number of benzene rings is 1. The Kier molecular flexibility index (Phi) is 6.89. The molecular formula is C15H20N2O3. The van der Waals surface area contributed by atoms with Crippen LogP contribution >= 0.6 is 0 Å². The molecule has 0 spiro atoms. The summed E-state index contributed by atoms with van der Waals surface area (Å²) in [5.74, 6) is 0.398. The maximum Gasteiger partial charge on any atom is 0.258 e. The van der Waals surface area contributed by atoms with Crippen LogP contribution < -0.4 is 10.1 Å². The summed E-state index contributed by atoms with van der Waals surface area (Å²) in [6, 6.07) is 9.13. The molecule has 1 aromatic carbocycles. The molecule has 0 aliphatic carbocycles. The molecule has 2 amide bonds. The molecule has 0 unspecified atom stereocenters. The molecule has 1 aromatic rings. The average molecular weight is 276 g/mol. The van der Waals surface area contributed by atoms with E-state index < -0.39 is 0 Å². The van der Waals surface area contributed by atoms with Crippen molar-refractivity contribution in [2.75, 3.05) is 26.2 Å². The van der Waals surface area contributed by atoms with E-state index >= 15 is 0 Å². The van der Waals surface area contributed by atoms with Crippen molar-refractivity contribution in [3.05, 3.63) is 43.0 Å². The molecule has 1 N–H and O–H groups in total. The predicted molar refractivity (Wildman–Crippen MR) is 77.4 cm³/mol. The van der Waals surface area contributed by atoms with Crippen LogP contribution in [0.3, 0.4) is 0 Å². The normalized spacial score (nSPS) is 9.65. The van der Waals surface area contributed by atoms with Crippen LogP contribution in [0.5, 0.6) is 5.75 Å². The zero-order chi connectivity index (χ0) is 14.8. The van der Waals surface area contributed by atoms with Crippen molar-refractivity contribution >= 4 is 11.8 Å². The second-order valence-corrected chi connectivity index (χ2v) is 4.21. The van der Waals surface area contributed by atoms with Crippen LogP contribution in [-0.4, -0.2) is 43.0 Å². The lowest BCUT2D eigenvalue weighted by molar-refractivity contribution is -0.129. The van der Waals surface area contributed by atoms with Gasteiger partial charge < -0.3 is 15.0 Å². The van der Waals surface area contributed by atoms with Crippen molar-refractivity contribution in [1.82, 2.24) is 10.2 Å². The van der Waals surface area contributed by atoms with Gasteiger partial charge in [0.05, 0.1) is 0 Å². The number of hydrogen-bond acceptors (Lipinski definition) is 3. The van der Waals surface area contributed by atoms with Gasteiger partial charge in [0, 0.05) is 26.6 Å². The summed E-state index contributed by atoms with van der Waals surface area (Å²) in [6.45, 7) is 6.37. The fourth-order valence-electron chi connectivity index (χ4n) is 1.58. The lowest BCUT2D eigenvalue weighted by atomic mass is 10.3. The number of carbonyl (C=O) groups excluding carboxylic acids is 2. The van der Waals surface area contributed by atoms with E-state index in [0.29, 0.717) is 25.4 Å². The Labute approximate surface area is 119 Å². The summed E-state index contributed by atoms with van der Waals surface area (Å²) in [7, 11) is 0. The highest BCUT2D eigenvalue weighted by Crippen LogP contribution is 2.07. The Balaban J connectivity index is 2.22. The Morgan fingerprint density at radius 1 is 1.35 bits per heavy atom. The summed E-state index contributed by atoms with van der Waals surface area (Å²) in [6.07, 6.45) is 1.65. The number of carbonyl (C=O) groups is 2. The molecule has 1 rings (SSSR count). The molecule has 0 saturated heterocycles. The Morgan fingerprint density at radius 3 is 2.65 bits per heavy atom. The monoisotopic (exact) mass is 276 g/mol. The molecule has 20 heavy (non-hydrogen) atoms. The second kappa shape index (κ2) is 8.74. The summed E-state index contributed by atoms with van der Waals surface area (Å²) >= 11 is 0. The smallest absolute Gasteiger partial charge is 0.258 e. The second-order valence-electron chi connectivity index (χ2n) is 4.21. The quantitative estimate of drug-likeness (QED) is 0.726. The summed E-state index contributed by atoms with van der Waals surface area (Å²) in [5.41, 5.74) is 0. The minimum atomic E-state index is -0.212. The van der Waals surface area contributed by atoms with Crippen molar-refractivity contribution in [2.45, 2.75) is 6.92 Å². The number of ether oxygens (including phenoxy) is 1. The van der Waals surface area contributed by atoms with E-state index in [4.69, 9.17) is 4.74 Å². The van der Waals surface area contributed by atoms with E-state index in [1.165, 1.54) is 6.92 Å². The zero-order valence-electron chi connectivity index (χ0n) is 11.7. The van der Waals surface area contributed by atoms with Gasteiger partial charge in [0.2, 0.25) is 5.91 Å². The maximum atomic E-state index is 11.6. The van der Waals surface area contributed by atoms with Gasteiger partial charge in [-0.05, 0) is 12.1 Å². The number of nitrogens with one attached hydrogen (secondary N) is 1. The van der Waals surface area contributed by atoms with Gasteiger partial charge in [-0.25, -0.2) is 0 Å². The molecule has 0 atom stereocenters. The van der Waals surface area contributed by atoms with Gasteiger partial charge in [-0.2, -0.15) is 0 Å². The molecule has 5 heteroatoms. The highest BCUT2D eigenvalue weighted by atomic mass is 16.5. The third-order valence-corrected chi connectivity index (χ3v) is 2.61. The summed E-state index contributed by atoms with van der Waals surface area (Å²) < 4.78 is 5.31. The van der Waals surface area contributed by atoms with Crippen molar-refractivity contribution in [1.29, 1.82) is 0 Å². The van der Waals surface area contributed by atoms with Gasteiger partial charge in [-0.3, -0.25) is 9.59 Å². The third-order valence-electron chi connectivity index (χ3n) is 2.61. The van der Waals surface area contributed by atoms with Gasteiger partial charge in [-0.1, -0.05) is 24.3 Å². The molecular weight excluding hydrogens is 256 g/mol. The number of nitrogens with zero attached hydrogens (tertiary/aromatic N) is 1. The lowest BCUT2D eigenvalue weighted by Crippen LogP contribution is -2.39. The molecule has 0 aliphatic heterocycles. The van der Waals surface area contributed by atoms with Gasteiger partial charge >= 0.3 is 0 Å². The zero-order valence-corrected chi connectivity index (χ0v) is 11.7. The first-order valence-electron chi connectivity index (χ1n) is 6.44. The molecule has 0 heterocycles. The minimum absolute atomic E-state index is 0.0362. The molecule has 0 fully saturated rings. The summed E-state index contributed by atoms with van der Waals surface area (Å²) in [4.78, 5) is 24.4. The van der Waals surface area contributed by atoms with Crippen LogP contribution in [-0.2, 0) is 9.59 Å². The molecule has 0 aromatic heterocycles. The first kappa shape index (κ1) is 15.8. The molecule has 0 radical (unpaired) electrons. The fraction of sp³-hybridized carbons (Fsp3) is 0.333. The van der Waals surface area contributed by atoms with E-state index in [0.717, 1.165) is 0 Å². The van der Waals surface area contributed by atoms with Crippen LogP contribution in [0.4, 0.5) is 0 Å². The fourth-order valence-corrected chi connectivity index (χ4v) is 1.58. The number of rotatable bonds is 8. The Hall–Kier alpha value is -2.30. The number of amides is 2. The summed E-state index contributed by atoms with van der Waals surface area (Å²) in [5, 5.41) is 2.70. The van der Waals surface area contributed by atoms with Crippen molar-refractivity contribution in [3.63, 3.8) is 0 Å². The van der Waals surface area contributed by atoms with Crippen LogP contribution in [0.25, 0.3) is 0 Å². The Bertz CT molecular complexity index is 446. The average Bonchev–Trinajstić information content (AvgIpc) is 2.45. The maximum absolute atomic E-state index is 11.6. The van der Waals surface area contributed by atoms with Gasteiger partial charge in [0.1, 0.15) is 5.75 Å². The van der Waals surface area contributed by atoms with E-state index in [9.17, 15) is 9.59 Å². The molecule has 5 nitrogen and oxygen atoms in total. The number of hydrogen-bond donors (Lipinski definition) is 1. The van der Waals surface area contributed by atoms with Crippen LogP contribution in [0.1, 0.15) is 6.92 Å². The molecule has 0 aliphatic rings. The van der Waals surface area contributed by atoms with Crippen molar-refractivity contribution < 1.29 is 14.3 Å². The molecule has 108 valence electrons. The van der Waals surface area contributed by atoms with E-state index in [2.05, 4.69) is 11.9 Å². The van der Waals surface area contributed by atoms with Crippen molar-refractivity contribution in [2.24, 2.45) is 0 Å². The van der Waals surface area contributed by atoms with Gasteiger partial charge in [-0.15, -0.1) is 6.58 Å². The number of para-hydroxylation sites is 1. The Morgan fingerprint density at radius 2 is 2.05 bits per heavy atom. The highest BCUT2D eigenvalue weighted by molar-refractivity contribution is 5.77. The molecule has 0 bridgehead atoms. The standard InChI is InChI=1S/C15H20N2O3/c1-3-10-17(13(2)18)11-9-16-15(19)12-20-14-7-5-4-6-8-14/h3-8H,1,9-12H2,2H3,(H,16,19). The largest absolute Gasteiger partial charge is 0.484 e. The molecule has 0 saturated carbocycles. The van der Waals surface area contributed by atoms with E-state index in [1.807, 2.05) is 18.2 Å². The minimum Gasteiger partial charge on any atom is -0.484 e. The topological polar surface area (TPSA) is 58.6 Å². The van der Waals surface area contributed by atoms with Crippen LogP contribution in [0.2, 0.25) is 0 Å². The first-order valence-corrected chi connectivity index (χ1v) is 6.44. The van der Waals surface area contributed by atoms with Gasteiger partial charge in [0.15, 0.2) is 6.61 Å². The predicted octanol–water partition coefficient (Wildman–Crippen LogP) is 1.22. The first-order chi connectivity index (χ1) is 9.63. The van der Waals surface area contributed by atoms with E-state index in [-0.39, 0.29) is 18.4 Å². The third kappa shape index (κ3) is 6.04. The van der Waals surface area contributed by atoms with E-state index in [1.54, 1.807) is 23.1 Å². The van der Waals surface area contributed by atoms with Crippen LogP contribution in [0, 0.1) is 0 Å². The van der Waals surface area contributed by atoms with Crippen LogP contribution in [0.15, 0.2) is 43.0 Å². The van der Waals surface area contributed by atoms with Crippen molar-refractivity contribution in [3.8, 4) is 5.75 Å². The SMILES string of the molecule is C=CCN(CCNC(=O)COc1ccccc1)C(C)=O. The lowest BCUT2D eigenvalue weighted by Gasteiger charge is -2.19.